The molecule has 0 atom stereocenters. The van der Waals surface area contributed by atoms with Crippen molar-refractivity contribution in [1.29, 1.82) is 0 Å². The lowest BCUT2D eigenvalue weighted by atomic mass is 10.1. The van der Waals surface area contributed by atoms with E-state index in [1.54, 1.807) is 23.3 Å². The fraction of sp³-hybridized carbons (Fsp3) is 0.316. The first kappa shape index (κ1) is 18.1. The number of anilines is 1. The Labute approximate surface area is 156 Å². The molecule has 0 saturated carbocycles. The van der Waals surface area contributed by atoms with Gasteiger partial charge in [0.2, 0.25) is 0 Å². The van der Waals surface area contributed by atoms with Gasteiger partial charge in [-0.2, -0.15) is 0 Å². The Morgan fingerprint density at radius 1 is 1.35 bits per heavy atom. The summed E-state index contributed by atoms with van der Waals surface area (Å²) in [4.78, 5) is 18.5. The Morgan fingerprint density at radius 2 is 2.15 bits per heavy atom. The van der Waals surface area contributed by atoms with E-state index in [0.29, 0.717) is 18.2 Å². The molecule has 2 heterocycles. The van der Waals surface area contributed by atoms with E-state index < -0.39 is 0 Å². The van der Waals surface area contributed by atoms with Gasteiger partial charge in [0.05, 0.1) is 22.9 Å². The van der Waals surface area contributed by atoms with Gasteiger partial charge in [0.1, 0.15) is 0 Å². The number of urea groups is 1. The van der Waals surface area contributed by atoms with Crippen molar-refractivity contribution >= 4 is 23.1 Å². The fourth-order valence-corrected chi connectivity index (χ4v) is 3.07. The van der Waals surface area contributed by atoms with Crippen molar-refractivity contribution in [2.75, 3.05) is 12.4 Å². The molecular formula is C19H22N4O2S. The zero-order chi connectivity index (χ0) is 18.7. The summed E-state index contributed by atoms with van der Waals surface area (Å²) in [6.07, 6.45) is 0. The summed E-state index contributed by atoms with van der Waals surface area (Å²) in [6.45, 7) is 6.43. The molecule has 0 spiro atoms. The van der Waals surface area contributed by atoms with Crippen molar-refractivity contribution in [2.45, 2.75) is 33.2 Å². The van der Waals surface area contributed by atoms with E-state index in [2.05, 4.69) is 29.3 Å². The number of amides is 2. The molecule has 3 aromatic rings. The molecule has 2 amide bonds. The molecule has 1 aromatic carbocycles. The summed E-state index contributed by atoms with van der Waals surface area (Å²) in [5.74, 6) is 0.960. The molecule has 1 N–H and O–H groups in total. The molecule has 0 unspecified atom stereocenters. The smallest absolute Gasteiger partial charge is 0.321 e. The number of hydrogen-bond acceptors (Lipinski definition) is 5. The number of hydrogen-bond donors (Lipinski definition) is 1. The third-order valence-corrected chi connectivity index (χ3v) is 4.71. The van der Waals surface area contributed by atoms with E-state index in [-0.39, 0.29) is 6.03 Å². The normalized spacial score (nSPS) is 11.0. The summed E-state index contributed by atoms with van der Waals surface area (Å²) in [6, 6.07) is 9.35. The molecule has 7 heteroatoms. The number of carbonyl (C=O) groups is 1. The molecule has 2 aromatic heterocycles. The second-order valence-electron chi connectivity index (χ2n) is 6.49. The van der Waals surface area contributed by atoms with Crippen molar-refractivity contribution in [2.24, 2.45) is 0 Å². The van der Waals surface area contributed by atoms with Crippen LogP contribution in [0.5, 0.6) is 0 Å². The third kappa shape index (κ3) is 4.29. The first-order chi connectivity index (χ1) is 12.4. The summed E-state index contributed by atoms with van der Waals surface area (Å²) < 4.78 is 5.30. The average molecular weight is 370 g/mol. The molecule has 0 aliphatic heterocycles. The van der Waals surface area contributed by atoms with Crippen LogP contribution in [0, 0.1) is 6.92 Å². The van der Waals surface area contributed by atoms with Gasteiger partial charge in [0, 0.05) is 29.7 Å². The molecule has 0 bridgehead atoms. The summed E-state index contributed by atoms with van der Waals surface area (Å²) in [7, 11) is 1.72. The first-order valence-corrected chi connectivity index (χ1v) is 9.30. The molecule has 0 radical (unpaired) electrons. The summed E-state index contributed by atoms with van der Waals surface area (Å²) in [5, 5.41) is 9.96. The molecule has 26 heavy (non-hydrogen) atoms. The predicted molar refractivity (Wildman–Crippen MR) is 103 cm³/mol. The Balaban J connectivity index is 1.65. The number of carbonyl (C=O) groups excluding carboxylic acids is 1. The van der Waals surface area contributed by atoms with Crippen LogP contribution in [0.1, 0.15) is 36.2 Å². The largest absolute Gasteiger partial charge is 0.359 e. The Bertz CT molecular complexity index is 900. The number of thiazole rings is 1. The minimum Gasteiger partial charge on any atom is -0.359 e. The van der Waals surface area contributed by atoms with Gasteiger partial charge in [-0.15, -0.1) is 11.3 Å². The van der Waals surface area contributed by atoms with Gasteiger partial charge in [-0.05, 0) is 25.0 Å². The van der Waals surface area contributed by atoms with Crippen LogP contribution in [0.25, 0.3) is 11.3 Å². The number of aromatic nitrogens is 2. The lowest BCUT2D eigenvalue weighted by molar-refractivity contribution is 0.214. The Morgan fingerprint density at radius 3 is 2.81 bits per heavy atom. The monoisotopic (exact) mass is 370 g/mol. The lowest BCUT2D eigenvalue weighted by Gasteiger charge is -2.16. The van der Waals surface area contributed by atoms with Gasteiger partial charge in [-0.25, -0.2) is 9.78 Å². The van der Waals surface area contributed by atoms with Gasteiger partial charge in [-0.1, -0.05) is 31.1 Å². The highest BCUT2D eigenvalue weighted by molar-refractivity contribution is 7.09. The van der Waals surface area contributed by atoms with Gasteiger partial charge < -0.3 is 14.7 Å². The van der Waals surface area contributed by atoms with Gasteiger partial charge >= 0.3 is 6.03 Å². The van der Waals surface area contributed by atoms with Crippen molar-refractivity contribution in [3.05, 3.63) is 52.2 Å². The molecule has 0 aliphatic rings. The zero-order valence-electron chi connectivity index (χ0n) is 15.3. The van der Waals surface area contributed by atoms with Crippen LogP contribution in [-0.4, -0.2) is 28.1 Å². The lowest BCUT2D eigenvalue weighted by Crippen LogP contribution is -2.30. The second-order valence-corrected chi connectivity index (χ2v) is 7.55. The highest BCUT2D eigenvalue weighted by Crippen LogP contribution is 2.24. The molecule has 0 saturated heterocycles. The number of nitrogens with zero attached hydrogens (tertiary/aromatic N) is 3. The SMILES string of the molecule is Cc1nc(-c2cccc(NC(=O)N(C)Cc3cc(C(C)C)no3)c2)cs1. The summed E-state index contributed by atoms with van der Waals surface area (Å²) >= 11 is 1.61. The standard InChI is InChI=1S/C19H22N4O2S/c1-12(2)17-9-16(25-22-17)10-23(4)19(24)21-15-7-5-6-14(8-15)18-11-26-13(3)20-18/h5-9,11-12H,10H2,1-4H3,(H,21,24). The molecule has 0 aliphatic carbocycles. The zero-order valence-corrected chi connectivity index (χ0v) is 16.1. The van der Waals surface area contributed by atoms with Crippen LogP contribution in [0.2, 0.25) is 0 Å². The van der Waals surface area contributed by atoms with Gasteiger partial charge in [0.25, 0.3) is 0 Å². The van der Waals surface area contributed by atoms with Crippen LogP contribution in [-0.2, 0) is 6.54 Å². The average Bonchev–Trinajstić information content (AvgIpc) is 3.24. The molecular weight excluding hydrogens is 348 g/mol. The van der Waals surface area contributed by atoms with Crippen molar-refractivity contribution in [3.8, 4) is 11.3 Å². The summed E-state index contributed by atoms with van der Waals surface area (Å²) in [5.41, 5.74) is 3.51. The number of rotatable bonds is 5. The second kappa shape index (κ2) is 7.70. The Kier molecular flexibility index (Phi) is 5.37. The molecule has 0 fully saturated rings. The van der Waals surface area contributed by atoms with Crippen LogP contribution in [0.15, 0.2) is 40.2 Å². The third-order valence-electron chi connectivity index (χ3n) is 3.94. The quantitative estimate of drug-likeness (QED) is 0.694. The fourth-order valence-electron chi connectivity index (χ4n) is 2.45. The van der Waals surface area contributed by atoms with Gasteiger partial charge in [-0.3, -0.25) is 0 Å². The van der Waals surface area contributed by atoms with Crippen LogP contribution < -0.4 is 5.32 Å². The van der Waals surface area contributed by atoms with Crippen molar-refractivity contribution in [1.82, 2.24) is 15.0 Å². The van der Waals surface area contributed by atoms with E-state index in [1.807, 2.05) is 42.6 Å². The van der Waals surface area contributed by atoms with E-state index in [1.165, 1.54) is 0 Å². The molecule has 136 valence electrons. The molecule has 3 rings (SSSR count). The van der Waals surface area contributed by atoms with E-state index in [0.717, 1.165) is 27.6 Å². The predicted octanol–water partition coefficient (Wildman–Crippen LogP) is 4.89. The first-order valence-electron chi connectivity index (χ1n) is 8.42. The minimum absolute atomic E-state index is 0.209. The van der Waals surface area contributed by atoms with Crippen molar-refractivity contribution < 1.29 is 9.32 Å². The Hall–Kier alpha value is -2.67. The molecule has 6 nitrogen and oxygen atoms in total. The van der Waals surface area contributed by atoms with Crippen LogP contribution in [0.4, 0.5) is 10.5 Å². The van der Waals surface area contributed by atoms with Crippen molar-refractivity contribution in [3.63, 3.8) is 0 Å². The maximum absolute atomic E-state index is 12.4. The van der Waals surface area contributed by atoms with Gasteiger partial charge in [0.15, 0.2) is 5.76 Å². The van der Waals surface area contributed by atoms with Crippen LogP contribution in [0.3, 0.4) is 0 Å². The maximum Gasteiger partial charge on any atom is 0.321 e. The minimum atomic E-state index is -0.209. The van der Waals surface area contributed by atoms with E-state index in [4.69, 9.17) is 4.52 Å². The van der Waals surface area contributed by atoms with E-state index >= 15 is 0 Å². The number of benzene rings is 1. The highest BCUT2D eigenvalue weighted by atomic mass is 32.1. The maximum atomic E-state index is 12.4. The topological polar surface area (TPSA) is 71.3 Å². The number of aryl methyl sites for hydroxylation is 1. The van der Waals surface area contributed by atoms with E-state index in [9.17, 15) is 4.79 Å². The number of nitrogens with one attached hydrogen (secondary N) is 1. The highest BCUT2D eigenvalue weighted by Gasteiger charge is 2.14. The van der Waals surface area contributed by atoms with Crippen LogP contribution >= 0.6 is 11.3 Å².